The second kappa shape index (κ2) is 4.10. The van der Waals surface area contributed by atoms with E-state index in [1.54, 1.807) is 0 Å². The first kappa shape index (κ1) is 9.22. The summed E-state index contributed by atoms with van der Waals surface area (Å²) in [7, 11) is 0. The van der Waals surface area contributed by atoms with Gasteiger partial charge in [-0.1, -0.05) is 35.9 Å². The van der Waals surface area contributed by atoms with E-state index in [1.165, 1.54) is 6.42 Å². The summed E-state index contributed by atoms with van der Waals surface area (Å²) in [6.45, 7) is 8.20. The molecule has 9 heavy (non-hydrogen) atoms. The van der Waals surface area contributed by atoms with Crippen molar-refractivity contribution in [2.45, 2.75) is 26.7 Å². The van der Waals surface area contributed by atoms with Crippen LogP contribution in [-0.2, 0) is 0 Å². The number of hydrogen-bond acceptors (Lipinski definition) is 0. The highest BCUT2D eigenvalue weighted by atomic mass is 79.9. The molecule has 1 atom stereocenters. The monoisotopic (exact) mass is 190 g/mol. The highest BCUT2D eigenvalue weighted by molar-refractivity contribution is 9.09. The molecule has 0 saturated carbocycles. The summed E-state index contributed by atoms with van der Waals surface area (Å²) >= 11 is 3.49. The van der Waals surface area contributed by atoms with Gasteiger partial charge in [-0.25, -0.2) is 0 Å². The summed E-state index contributed by atoms with van der Waals surface area (Å²) in [6, 6.07) is 0. The normalized spacial score (nSPS) is 16.8. The zero-order valence-electron chi connectivity index (χ0n) is 6.28. The minimum atomic E-state index is 0.432. The van der Waals surface area contributed by atoms with Crippen molar-refractivity contribution >= 4 is 15.9 Å². The predicted octanol–water partition coefficient (Wildman–Crippen LogP) is 3.37. The van der Waals surface area contributed by atoms with Gasteiger partial charge in [-0.2, -0.15) is 0 Å². The fourth-order valence-electron chi connectivity index (χ4n) is 0.642. The number of hydrogen-bond donors (Lipinski definition) is 0. The van der Waals surface area contributed by atoms with Crippen LogP contribution in [0.25, 0.3) is 0 Å². The fraction of sp³-hybridized carbons (Fsp3) is 0.750. The Hall–Kier alpha value is 0.220. The van der Waals surface area contributed by atoms with Crippen molar-refractivity contribution < 1.29 is 0 Å². The van der Waals surface area contributed by atoms with E-state index in [0.717, 1.165) is 11.8 Å². The molecule has 0 amide bonds. The van der Waals surface area contributed by atoms with Crippen LogP contribution in [-0.4, -0.2) is 5.33 Å². The largest absolute Gasteiger partial charge is 0.103 e. The molecular weight excluding hydrogens is 176 g/mol. The van der Waals surface area contributed by atoms with E-state index >= 15 is 0 Å². The summed E-state index contributed by atoms with van der Waals surface area (Å²) in [6.07, 6.45) is 4.31. The van der Waals surface area contributed by atoms with Gasteiger partial charge in [0, 0.05) is 5.33 Å². The molecule has 1 heteroatoms. The first-order chi connectivity index (χ1) is 4.18. The number of halogens is 1. The number of rotatable bonds is 4. The molecule has 0 nitrogen and oxygen atoms in total. The Balaban J connectivity index is 3.75. The zero-order valence-corrected chi connectivity index (χ0v) is 7.87. The molecule has 1 unspecified atom stereocenters. The summed E-state index contributed by atoms with van der Waals surface area (Å²) in [5.41, 5.74) is 0.432. The van der Waals surface area contributed by atoms with Gasteiger partial charge in [-0.15, -0.1) is 6.58 Å². The lowest BCUT2D eigenvalue weighted by molar-refractivity contribution is 0.369. The van der Waals surface area contributed by atoms with Crippen LogP contribution in [0.15, 0.2) is 12.7 Å². The molecule has 0 spiro atoms. The van der Waals surface area contributed by atoms with Gasteiger partial charge in [0.2, 0.25) is 0 Å². The first-order valence-electron chi connectivity index (χ1n) is 3.35. The third-order valence-electron chi connectivity index (χ3n) is 1.81. The highest BCUT2D eigenvalue weighted by Gasteiger charge is 2.17. The Morgan fingerprint density at radius 3 is 2.33 bits per heavy atom. The van der Waals surface area contributed by atoms with Crippen LogP contribution < -0.4 is 0 Å². The molecule has 0 aromatic carbocycles. The highest BCUT2D eigenvalue weighted by Crippen LogP contribution is 2.27. The Labute approximate surface area is 66.5 Å². The van der Waals surface area contributed by atoms with Crippen molar-refractivity contribution in [3.05, 3.63) is 12.7 Å². The Morgan fingerprint density at radius 1 is 1.67 bits per heavy atom. The van der Waals surface area contributed by atoms with Crippen molar-refractivity contribution in [3.63, 3.8) is 0 Å². The van der Waals surface area contributed by atoms with Gasteiger partial charge in [0.1, 0.15) is 0 Å². The molecule has 0 aromatic rings. The van der Waals surface area contributed by atoms with Crippen LogP contribution in [0.1, 0.15) is 26.7 Å². The van der Waals surface area contributed by atoms with Crippen LogP contribution in [0.4, 0.5) is 0 Å². The molecular formula is C8H15Br. The van der Waals surface area contributed by atoms with Crippen LogP contribution in [0.2, 0.25) is 0 Å². The zero-order chi connectivity index (χ0) is 7.33. The Morgan fingerprint density at radius 2 is 2.22 bits per heavy atom. The second-order valence-corrected chi connectivity index (χ2v) is 3.35. The maximum Gasteiger partial charge on any atom is 0.00881 e. The molecule has 0 aliphatic heterocycles. The smallest absolute Gasteiger partial charge is 0.00881 e. The molecule has 0 rings (SSSR count). The molecule has 0 N–H and O–H groups in total. The van der Waals surface area contributed by atoms with Gasteiger partial charge in [-0.3, -0.25) is 0 Å². The van der Waals surface area contributed by atoms with E-state index in [9.17, 15) is 0 Å². The van der Waals surface area contributed by atoms with Crippen molar-refractivity contribution in [3.8, 4) is 0 Å². The molecule has 0 saturated heterocycles. The van der Waals surface area contributed by atoms with Gasteiger partial charge in [0.25, 0.3) is 0 Å². The van der Waals surface area contributed by atoms with Crippen LogP contribution in [0, 0.1) is 5.41 Å². The first-order valence-corrected chi connectivity index (χ1v) is 4.47. The average Bonchev–Trinajstić information content (AvgIpc) is 1.89. The molecule has 0 aliphatic rings. The maximum absolute atomic E-state index is 3.72. The SMILES string of the molecule is C=CCC(C)(CC)CBr. The molecule has 0 radical (unpaired) electrons. The van der Waals surface area contributed by atoms with Crippen molar-refractivity contribution in [1.82, 2.24) is 0 Å². The van der Waals surface area contributed by atoms with Gasteiger partial charge < -0.3 is 0 Å². The van der Waals surface area contributed by atoms with E-state index in [-0.39, 0.29) is 0 Å². The number of allylic oxidation sites excluding steroid dienone is 1. The third-order valence-corrected chi connectivity index (χ3v) is 3.17. The lowest BCUT2D eigenvalue weighted by Gasteiger charge is -2.23. The lowest BCUT2D eigenvalue weighted by Crippen LogP contribution is -2.15. The molecule has 0 heterocycles. The Kier molecular flexibility index (Phi) is 4.20. The van der Waals surface area contributed by atoms with Gasteiger partial charge in [-0.05, 0) is 18.3 Å². The van der Waals surface area contributed by atoms with E-state index in [0.29, 0.717) is 5.41 Å². The van der Waals surface area contributed by atoms with Crippen LogP contribution in [0.5, 0.6) is 0 Å². The standard InChI is InChI=1S/C8H15Br/c1-4-6-8(3,5-2)7-9/h4H,1,5-7H2,2-3H3. The van der Waals surface area contributed by atoms with Crippen molar-refractivity contribution in [1.29, 1.82) is 0 Å². The summed E-state index contributed by atoms with van der Waals surface area (Å²) in [5.74, 6) is 0. The predicted molar refractivity (Wildman–Crippen MR) is 47.0 cm³/mol. The van der Waals surface area contributed by atoms with E-state index in [4.69, 9.17) is 0 Å². The van der Waals surface area contributed by atoms with Gasteiger partial charge >= 0.3 is 0 Å². The van der Waals surface area contributed by atoms with Crippen LogP contribution in [0.3, 0.4) is 0 Å². The molecule has 0 bridgehead atoms. The fourth-order valence-corrected chi connectivity index (χ4v) is 1.27. The molecule has 0 aliphatic carbocycles. The molecule has 0 aromatic heterocycles. The maximum atomic E-state index is 3.72. The average molecular weight is 191 g/mol. The summed E-state index contributed by atoms with van der Waals surface area (Å²) in [4.78, 5) is 0. The molecule has 0 fully saturated rings. The van der Waals surface area contributed by atoms with Gasteiger partial charge in [0.05, 0.1) is 0 Å². The second-order valence-electron chi connectivity index (χ2n) is 2.79. The number of alkyl halides is 1. The minimum Gasteiger partial charge on any atom is -0.103 e. The van der Waals surface area contributed by atoms with E-state index in [2.05, 4.69) is 36.4 Å². The van der Waals surface area contributed by atoms with E-state index in [1.807, 2.05) is 6.08 Å². The minimum absolute atomic E-state index is 0.432. The Bertz CT molecular complexity index is 82.6. The van der Waals surface area contributed by atoms with Crippen molar-refractivity contribution in [2.75, 3.05) is 5.33 Å². The summed E-state index contributed by atoms with van der Waals surface area (Å²) in [5, 5.41) is 1.07. The molecule has 54 valence electrons. The topological polar surface area (TPSA) is 0 Å². The van der Waals surface area contributed by atoms with Crippen molar-refractivity contribution in [2.24, 2.45) is 5.41 Å². The van der Waals surface area contributed by atoms with Crippen LogP contribution >= 0.6 is 15.9 Å². The van der Waals surface area contributed by atoms with Gasteiger partial charge in [0.15, 0.2) is 0 Å². The summed E-state index contributed by atoms with van der Waals surface area (Å²) < 4.78 is 0. The van der Waals surface area contributed by atoms with E-state index < -0.39 is 0 Å². The quantitative estimate of drug-likeness (QED) is 0.472. The lowest BCUT2D eigenvalue weighted by atomic mass is 9.87. The third kappa shape index (κ3) is 3.04.